The van der Waals surface area contributed by atoms with Gasteiger partial charge in [-0.1, -0.05) is 29.5 Å². The van der Waals surface area contributed by atoms with Gasteiger partial charge in [0.05, 0.1) is 11.6 Å². The van der Waals surface area contributed by atoms with E-state index >= 15 is 0 Å². The first-order chi connectivity index (χ1) is 18.8. The Balaban J connectivity index is 1.51. The summed E-state index contributed by atoms with van der Waals surface area (Å²) in [5.74, 6) is -0.794. The summed E-state index contributed by atoms with van der Waals surface area (Å²) in [7, 11) is 0. The lowest BCUT2D eigenvalue weighted by Crippen LogP contribution is -2.33. The van der Waals surface area contributed by atoms with Gasteiger partial charge >= 0.3 is 12.1 Å². The molecule has 10 nitrogen and oxygen atoms in total. The molecule has 0 saturated heterocycles. The second-order valence-electron chi connectivity index (χ2n) is 12.1. The van der Waals surface area contributed by atoms with E-state index in [1.54, 1.807) is 11.0 Å². The number of pyridine rings is 1. The topological polar surface area (TPSA) is 123 Å². The second kappa shape index (κ2) is 11.6. The lowest BCUT2D eigenvalue weighted by Gasteiger charge is -2.27. The molecule has 1 aliphatic heterocycles. The van der Waals surface area contributed by atoms with Crippen LogP contribution in [-0.4, -0.2) is 53.8 Å². The van der Waals surface area contributed by atoms with Gasteiger partial charge in [-0.05, 0) is 83.2 Å². The van der Waals surface area contributed by atoms with Crippen molar-refractivity contribution in [3.63, 3.8) is 0 Å². The van der Waals surface area contributed by atoms with Crippen molar-refractivity contribution in [3.8, 4) is 11.3 Å². The van der Waals surface area contributed by atoms with Crippen molar-refractivity contribution in [2.24, 2.45) is 5.92 Å². The molecule has 0 aliphatic carbocycles. The Hall–Kier alpha value is -4.08. The number of esters is 1. The number of amides is 1. The Morgan fingerprint density at radius 1 is 1.05 bits per heavy atom. The van der Waals surface area contributed by atoms with Crippen LogP contribution in [0.15, 0.2) is 49.2 Å². The lowest BCUT2D eigenvalue weighted by atomic mass is 9.84. The zero-order chi connectivity index (χ0) is 29.1. The summed E-state index contributed by atoms with van der Waals surface area (Å²) in [6.07, 6.45) is 4.09. The molecule has 2 aromatic heterocycles. The van der Waals surface area contributed by atoms with Gasteiger partial charge in [-0.15, -0.1) is 16.8 Å². The van der Waals surface area contributed by atoms with E-state index in [0.717, 1.165) is 27.9 Å². The molecule has 10 heteroatoms. The monoisotopic (exact) mass is 546 g/mol. The van der Waals surface area contributed by atoms with E-state index < -0.39 is 17.1 Å². The number of ether oxygens (including phenoxy) is 2. The molecule has 0 spiro atoms. The molecule has 0 saturated carbocycles. The van der Waals surface area contributed by atoms with Crippen molar-refractivity contribution in [2.75, 3.05) is 0 Å². The van der Waals surface area contributed by atoms with Gasteiger partial charge in [0.1, 0.15) is 11.2 Å². The number of H-pyrrole nitrogens is 1. The first kappa shape index (κ1) is 28.9. The molecule has 1 aromatic carbocycles. The third-order valence-electron chi connectivity index (χ3n) is 6.47. The van der Waals surface area contributed by atoms with Gasteiger partial charge in [0.25, 0.3) is 0 Å². The highest BCUT2D eigenvalue weighted by molar-refractivity contribution is 5.74. The van der Waals surface area contributed by atoms with E-state index in [4.69, 9.17) is 14.5 Å². The number of hydrogen-bond donors (Lipinski definition) is 1. The van der Waals surface area contributed by atoms with Crippen LogP contribution in [0.1, 0.15) is 76.4 Å². The number of nitrogens with one attached hydrogen (secondary N) is 1. The summed E-state index contributed by atoms with van der Waals surface area (Å²) in [5.41, 5.74) is 3.72. The number of hydrogen-bond acceptors (Lipinski definition) is 8. The number of aromatic nitrogens is 5. The van der Waals surface area contributed by atoms with Gasteiger partial charge in [0.15, 0.2) is 5.82 Å². The van der Waals surface area contributed by atoms with E-state index in [9.17, 15) is 9.59 Å². The molecule has 1 N–H and O–H groups in total. The molecule has 1 aliphatic rings. The van der Waals surface area contributed by atoms with E-state index in [0.29, 0.717) is 31.8 Å². The van der Waals surface area contributed by atoms with E-state index in [-0.39, 0.29) is 18.0 Å². The molecule has 0 bridgehead atoms. The van der Waals surface area contributed by atoms with Crippen molar-refractivity contribution in [2.45, 2.75) is 84.6 Å². The highest BCUT2D eigenvalue weighted by atomic mass is 16.6. The Labute approximate surface area is 235 Å². The van der Waals surface area contributed by atoms with Gasteiger partial charge in [-0.2, -0.15) is 5.21 Å². The fourth-order valence-corrected chi connectivity index (χ4v) is 4.70. The number of tetrazole rings is 1. The molecule has 1 amide bonds. The zero-order valence-corrected chi connectivity index (χ0v) is 24.1. The van der Waals surface area contributed by atoms with E-state index in [2.05, 4.69) is 33.3 Å². The Morgan fingerprint density at radius 2 is 1.77 bits per heavy atom. The van der Waals surface area contributed by atoms with Crippen molar-refractivity contribution in [3.05, 3.63) is 71.7 Å². The average Bonchev–Trinajstić information content (AvgIpc) is 3.54. The van der Waals surface area contributed by atoms with E-state index in [1.165, 1.54) is 0 Å². The predicted octanol–water partition coefficient (Wildman–Crippen LogP) is 5.37. The number of nitrogens with zero attached hydrogens (tertiary/aromatic N) is 5. The third kappa shape index (κ3) is 7.31. The van der Waals surface area contributed by atoms with Gasteiger partial charge < -0.3 is 9.47 Å². The molecular weight excluding hydrogens is 508 g/mol. The molecule has 2 atom stereocenters. The summed E-state index contributed by atoms with van der Waals surface area (Å²) in [4.78, 5) is 32.1. The van der Waals surface area contributed by atoms with Crippen LogP contribution in [0.5, 0.6) is 0 Å². The summed E-state index contributed by atoms with van der Waals surface area (Å²) in [6, 6.07) is 10.1. The first-order valence-electron chi connectivity index (χ1n) is 13.4. The molecule has 3 heterocycles. The standard InChI is InChI=1S/C30H38N6O4/c1-8-9-23(27(37)39-29(2,3)4)24(26-32-34-35-33-26)14-19-10-13-25(31-16-19)20-11-12-21-17-36(18-22(21)15-20)28(38)40-30(5,6)7/h8,10-13,15-16,23-24H,1,9,14,17-18H2,2-7H3,(H,32,33,34,35)/t23-,24-/m0/s1. The molecule has 0 fully saturated rings. The van der Waals surface area contributed by atoms with Crippen LogP contribution < -0.4 is 0 Å². The summed E-state index contributed by atoms with van der Waals surface area (Å²) in [6.45, 7) is 16.0. The quantitative estimate of drug-likeness (QED) is 0.295. The van der Waals surface area contributed by atoms with Crippen LogP contribution in [0.3, 0.4) is 0 Å². The SMILES string of the molecule is C=CC[C@H](C(=O)OC(C)(C)C)[C@H](Cc1ccc(-c2ccc3c(c2)CN(C(=O)OC(C)(C)C)C3)nc1)c1nn[nH]n1. The summed E-state index contributed by atoms with van der Waals surface area (Å²) < 4.78 is 11.2. The van der Waals surface area contributed by atoms with Crippen LogP contribution in [-0.2, 0) is 33.8 Å². The average molecular weight is 547 g/mol. The Morgan fingerprint density at radius 3 is 2.38 bits per heavy atom. The second-order valence-corrected chi connectivity index (χ2v) is 12.1. The van der Waals surface area contributed by atoms with Crippen LogP contribution in [0.25, 0.3) is 11.3 Å². The minimum atomic E-state index is -0.624. The van der Waals surface area contributed by atoms with Crippen LogP contribution in [0, 0.1) is 5.92 Å². The minimum Gasteiger partial charge on any atom is -0.460 e. The smallest absolute Gasteiger partial charge is 0.410 e. The third-order valence-corrected chi connectivity index (χ3v) is 6.47. The maximum Gasteiger partial charge on any atom is 0.410 e. The summed E-state index contributed by atoms with van der Waals surface area (Å²) >= 11 is 0. The maximum atomic E-state index is 13.1. The van der Waals surface area contributed by atoms with Gasteiger partial charge in [0, 0.05) is 30.8 Å². The molecule has 40 heavy (non-hydrogen) atoms. The van der Waals surface area contributed by atoms with Crippen LogP contribution in [0.4, 0.5) is 4.79 Å². The number of carbonyl (C=O) groups is 2. The molecule has 0 radical (unpaired) electrons. The normalized spacial score (nSPS) is 14.8. The number of carbonyl (C=O) groups excluding carboxylic acids is 2. The number of aromatic amines is 1. The Bertz CT molecular complexity index is 1340. The van der Waals surface area contributed by atoms with Gasteiger partial charge in [-0.3, -0.25) is 14.7 Å². The largest absolute Gasteiger partial charge is 0.460 e. The first-order valence-corrected chi connectivity index (χ1v) is 13.4. The lowest BCUT2D eigenvalue weighted by molar-refractivity contribution is -0.160. The number of allylic oxidation sites excluding steroid dienone is 1. The molecule has 0 unspecified atom stereocenters. The highest BCUT2D eigenvalue weighted by Crippen LogP contribution is 2.32. The molecular formula is C30H38N6O4. The summed E-state index contributed by atoms with van der Waals surface area (Å²) in [5, 5.41) is 14.6. The fraction of sp³-hybridized carbons (Fsp3) is 0.467. The maximum absolute atomic E-state index is 13.1. The molecule has 212 valence electrons. The van der Waals surface area contributed by atoms with Gasteiger partial charge in [-0.25, -0.2) is 4.79 Å². The van der Waals surface area contributed by atoms with Crippen molar-refractivity contribution < 1.29 is 19.1 Å². The fourth-order valence-electron chi connectivity index (χ4n) is 4.70. The number of fused-ring (bicyclic) bond motifs is 1. The van der Waals surface area contributed by atoms with Gasteiger partial charge in [0.2, 0.25) is 0 Å². The van der Waals surface area contributed by atoms with Crippen molar-refractivity contribution in [1.29, 1.82) is 0 Å². The predicted molar refractivity (Wildman–Crippen MR) is 150 cm³/mol. The zero-order valence-electron chi connectivity index (χ0n) is 24.1. The van der Waals surface area contributed by atoms with Crippen molar-refractivity contribution in [1.82, 2.24) is 30.5 Å². The van der Waals surface area contributed by atoms with Crippen molar-refractivity contribution >= 4 is 12.1 Å². The number of benzene rings is 1. The molecule has 4 rings (SSSR count). The number of rotatable bonds is 8. The highest BCUT2D eigenvalue weighted by Gasteiger charge is 2.35. The van der Waals surface area contributed by atoms with Crippen LogP contribution >= 0.6 is 0 Å². The van der Waals surface area contributed by atoms with E-state index in [1.807, 2.05) is 72.0 Å². The Kier molecular flexibility index (Phi) is 8.37. The minimum absolute atomic E-state index is 0.315. The van der Waals surface area contributed by atoms with Crippen LogP contribution in [0.2, 0.25) is 0 Å². The molecule has 3 aromatic rings.